The van der Waals surface area contributed by atoms with Crippen molar-refractivity contribution in [3.63, 3.8) is 0 Å². The first-order valence-electron chi connectivity index (χ1n) is 10.5. The van der Waals surface area contributed by atoms with E-state index in [9.17, 15) is 9.59 Å². The molecule has 5 heteroatoms. The van der Waals surface area contributed by atoms with Crippen LogP contribution in [0.4, 0.5) is 0 Å². The van der Waals surface area contributed by atoms with Crippen molar-refractivity contribution in [2.45, 2.75) is 45.2 Å². The Kier molecular flexibility index (Phi) is 7.82. The maximum Gasteiger partial charge on any atom is 0.251 e. The van der Waals surface area contributed by atoms with Crippen molar-refractivity contribution in [3.05, 3.63) is 71.3 Å². The van der Waals surface area contributed by atoms with Gasteiger partial charge in [-0.05, 0) is 49.4 Å². The lowest BCUT2D eigenvalue weighted by molar-refractivity contribution is -0.122. The molecule has 29 heavy (non-hydrogen) atoms. The number of piperidine rings is 1. The molecule has 1 saturated heterocycles. The molecule has 0 radical (unpaired) electrons. The summed E-state index contributed by atoms with van der Waals surface area (Å²) in [6.45, 7) is 5.66. The highest BCUT2D eigenvalue weighted by atomic mass is 16.2. The van der Waals surface area contributed by atoms with E-state index in [-0.39, 0.29) is 17.9 Å². The Balaban J connectivity index is 1.30. The van der Waals surface area contributed by atoms with Gasteiger partial charge in [-0.2, -0.15) is 0 Å². The highest BCUT2D eigenvalue weighted by molar-refractivity contribution is 5.94. The fraction of sp³-hybridized carbons (Fsp3) is 0.417. The van der Waals surface area contributed by atoms with Gasteiger partial charge in [0.15, 0.2) is 0 Å². The minimum Gasteiger partial charge on any atom is -0.353 e. The van der Waals surface area contributed by atoms with Crippen molar-refractivity contribution in [2.24, 2.45) is 0 Å². The van der Waals surface area contributed by atoms with Crippen molar-refractivity contribution in [1.29, 1.82) is 0 Å². The molecular weight excluding hydrogens is 362 g/mol. The van der Waals surface area contributed by atoms with Crippen LogP contribution in [0.2, 0.25) is 0 Å². The summed E-state index contributed by atoms with van der Waals surface area (Å²) in [5, 5.41) is 6.02. The second kappa shape index (κ2) is 10.8. The third kappa shape index (κ3) is 6.71. The largest absolute Gasteiger partial charge is 0.353 e. The van der Waals surface area contributed by atoms with Crippen molar-refractivity contribution < 1.29 is 9.59 Å². The number of carbonyl (C=O) groups is 2. The Morgan fingerprint density at radius 3 is 2.41 bits per heavy atom. The van der Waals surface area contributed by atoms with Gasteiger partial charge in [-0.25, -0.2) is 0 Å². The average molecular weight is 394 g/mol. The van der Waals surface area contributed by atoms with Gasteiger partial charge >= 0.3 is 0 Å². The summed E-state index contributed by atoms with van der Waals surface area (Å²) in [5.41, 5.74) is 3.37. The maximum atomic E-state index is 12.2. The zero-order valence-electron chi connectivity index (χ0n) is 17.2. The number of hydrogen-bond acceptors (Lipinski definition) is 3. The monoisotopic (exact) mass is 393 g/mol. The number of rotatable bonds is 8. The van der Waals surface area contributed by atoms with Gasteiger partial charge in [0.25, 0.3) is 5.91 Å². The Morgan fingerprint density at radius 2 is 1.69 bits per heavy atom. The molecule has 0 bridgehead atoms. The Morgan fingerprint density at radius 1 is 1.00 bits per heavy atom. The number of benzene rings is 2. The third-order valence-corrected chi connectivity index (χ3v) is 5.51. The first-order chi connectivity index (χ1) is 14.1. The van der Waals surface area contributed by atoms with Crippen molar-refractivity contribution in [2.75, 3.05) is 19.6 Å². The zero-order valence-corrected chi connectivity index (χ0v) is 17.2. The summed E-state index contributed by atoms with van der Waals surface area (Å²) in [6, 6.07) is 17.9. The molecule has 1 heterocycles. The number of likely N-dealkylation sites (tertiary alicyclic amines) is 1. The van der Waals surface area contributed by atoms with Crippen LogP contribution in [0.5, 0.6) is 0 Å². The number of carbonyl (C=O) groups excluding carboxylic acids is 2. The fourth-order valence-electron chi connectivity index (χ4n) is 3.71. The summed E-state index contributed by atoms with van der Waals surface area (Å²) in [4.78, 5) is 26.6. The molecule has 5 nitrogen and oxygen atoms in total. The predicted molar refractivity (Wildman–Crippen MR) is 116 cm³/mol. The quantitative estimate of drug-likeness (QED) is 0.677. The predicted octanol–water partition coefficient (Wildman–Crippen LogP) is 3.29. The van der Waals surface area contributed by atoms with Crippen LogP contribution in [-0.2, 0) is 11.3 Å². The molecule has 0 aliphatic carbocycles. The van der Waals surface area contributed by atoms with E-state index in [1.165, 1.54) is 11.1 Å². The molecule has 0 saturated carbocycles. The standard InChI is InChI=1S/C24H31N3O2/c1-19-8-5-6-11-21(19)18-27-16-13-22(14-17-27)26-23(28)12-7-15-25-24(29)20-9-3-2-4-10-20/h2-6,8-11,22H,7,12-18H2,1H3,(H,25,29)(H,26,28). The van der Waals surface area contributed by atoms with Crippen LogP contribution in [0.15, 0.2) is 54.6 Å². The minimum absolute atomic E-state index is 0.0799. The van der Waals surface area contributed by atoms with Crippen LogP contribution in [-0.4, -0.2) is 42.4 Å². The number of aryl methyl sites for hydroxylation is 1. The van der Waals surface area contributed by atoms with Crippen LogP contribution < -0.4 is 10.6 Å². The summed E-state index contributed by atoms with van der Waals surface area (Å²) in [6.07, 6.45) is 3.07. The lowest BCUT2D eigenvalue weighted by atomic mass is 10.0. The van der Waals surface area contributed by atoms with E-state index in [0.29, 0.717) is 24.9 Å². The highest BCUT2D eigenvalue weighted by Gasteiger charge is 2.20. The number of amides is 2. The normalized spacial score (nSPS) is 15.1. The van der Waals surface area contributed by atoms with Crippen LogP contribution >= 0.6 is 0 Å². The molecule has 1 fully saturated rings. The van der Waals surface area contributed by atoms with Crippen molar-refractivity contribution in [3.8, 4) is 0 Å². The molecule has 154 valence electrons. The van der Waals surface area contributed by atoms with E-state index >= 15 is 0 Å². The fourth-order valence-corrected chi connectivity index (χ4v) is 3.71. The van der Waals surface area contributed by atoms with Gasteiger partial charge in [-0.3, -0.25) is 14.5 Å². The van der Waals surface area contributed by atoms with Gasteiger partial charge in [0.05, 0.1) is 0 Å². The summed E-state index contributed by atoms with van der Waals surface area (Å²) in [5.74, 6) is -0.0108. The molecule has 0 unspecified atom stereocenters. The first kappa shape index (κ1) is 21.1. The van der Waals surface area contributed by atoms with Gasteiger partial charge in [0, 0.05) is 44.2 Å². The SMILES string of the molecule is Cc1ccccc1CN1CCC(NC(=O)CCCNC(=O)c2ccccc2)CC1. The smallest absolute Gasteiger partial charge is 0.251 e. The van der Waals surface area contributed by atoms with Crippen LogP contribution in [0.1, 0.15) is 47.2 Å². The summed E-state index contributed by atoms with van der Waals surface area (Å²) < 4.78 is 0. The van der Waals surface area contributed by atoms with Crippen LogP contribution in [0.25, 0.3) is 0 Å². The van der Waals surface area contributed by atoms with Crippen molar-refractivity contribution in [1.82, 2.24) is 15.5 Å². The van der Waals surface area contributed by atoms with Gasteiger partial charge in [0.1, 0.15) is 0 Å². The van der Waals surface area contributed by atoms with Gasteiger partial charge < -0.3 is 10.6 Å². The molecule has 0 aromatic heterocycles. The Bertz CT molecular complexity index is 799. The molecule has 0 spiro atoms. The van der Waals surface area contributed by atoms with E-state index < -0.39 is 0 Å². The van der Waals surface area contributed by atoms with Gasteiger partial charge in [-0.1, -0.05) is 42.5 Å². The molecule has 0 atom stereocenters. The van der Waals surface area contributed by atoms with E-state index in [1.54, 1.807) is 12.1 Å². The zero-order chi connectivity index (χ0) is 20.5. The maximum absolute atomic E-state index is 12.2. The first-order valence-corrected chi connectivity index (χ1v) is 10.5. The van der Waals surface area contributed by atoms with E-state index in [4.69, 9.17) is 0 Å². The van der Waals surface area contributed by atoms with E-state index in [1.807, 2.05) is 18.2 Å². The second-order valence-corrected chi connectivity index (χ2v) is 7.77. The van der Waals surface area contributed by atoms with Gasteiger partial charge in [-0.15, -0.1) is 0 Å². The lowest BCUT2D eigenvalue weighted by Gasteiger charge is -2.32. The summed E-state index contributed by atoms with van der Waals surface area (Å²) in [7, 11) is 0. The van der Waals surface area contributed by atoms with Gasteiger partial charge in [0.2, 0.25) is 5.91 Å². The topological polar surface area (TPSA) is 61.4 Å². The highest BCUT2D eigenvalue weighted by Crippen LogP contribution is 2.16. The lowest BCUT2D eigenvalue weighted by Crippen LogP contribution is -2.44. The summed E-state index contributed by atoms with van der Waals surface area (Å²) >= 11 is 0. The number of nitrogens with zero attached hydrogens (tertiary/aromatic N) is 1. The molecule has 3 rings (SSSR count). The number of hydrogen-bond donors (Lipinski definition) is 2. The number of nitrogens with one attached hydrogen (secondary N) is 2. The molecule has 2 amide bonds. The van der Waals surface area contributed by atoms with E-state index in [0.717, 1.165) is 32.5 Å². The Hall–Kier alpha value is -2.66. The van der Waals surface area contributed by atoms with E-state index in [2.05, 4.69) is 46.7 Å². The molecule has 1 aliphatic heterocycles. The molecule has 1 aliphatic rings. The van der Waals surface area contributed by atoms with Crippen LogP contribution in [0, 0.1) is 6.92 Å². The van der Waals surface area contributed by atoms with Crippen LogP contribution in [0.3, 0.4) is 0 Å². The molecule has 2 N–H and O–H groups in total. The molecule has 2 aromatic rings. The minimum atomic E-state index is -0.0907. The second-order valence-electron chi connectivity index (χ2n) is 7.77. The average Bonchev–Trinajstić information content (AvgIpc) is 2.75. The molecule has 2 aromatic carbocycles. The Labute approximate surface area is 173 Å². The third-order valence-electron chi connectivity index (χ3n) is 5.51. The van der Waals surface area contributed by atoms with Crippen molar-refractivity contribution >= 4 is 11.8 Å². The molecular formula is C24H31N3O2.